The molecule has 0 fully saturated rings. The molecular weight excluding hydrogens is 224 g/mol. The first-order valence-corrected chi connectivity index (χ1v) is 6.71. The number of rotatable bonds is 7. The molecule has 100 valence electrons. The number of anilines is 1. The maximum absolute atomic E-state index is 11.6. The lowest BCUT2D eigenvalue weighted by Crippen LogP contribution is -2.30. The number of benzene rings is 1. The molecule has 2 N–H and O–H groups in total. The molecule has 18 heavy (non-hydrogen) atoms. The summed E-state index contributed by atoms with van der Waals surface area (Å²) in [4.78, 5) is 11.6. The van der Waals surface area contributed by atoms with Gasteiger partial charge in [0.05, 0.1) is 6.54 Å². The fourth-order valence-corrected chi connectivity index (χ4v) is 1.77. The molecule has 1 amide bonds. The van der Waals surface area contributed by atoms with Gasteiger partial charge in [0.25, 0.3) is 0 Å². The number of nitrogens with one attached hydrogen (secondary N) is 2. The summed E-state index contributed by atoms with van der Waals surface area (Å²) in [5.74, 6) is 0.0620. The summed E-state index contributed by atoms with van der Waals surface area (Å²) >= 11 is 0. The Hall–Kier alpha value is -1.51. The smallest absolute Gasteiger partial charge is 0.239 e. The van der Waals surface area contributed by atoms with Crippen LogP contribution in [0.3, 0.4) is 0 Å². The van der Waals surface area contributed by atoms with Crippen LogP contribution in [-0.4, -0.2) is 19.0 Å². The Kier molecular flexibility index (Phi) is 6.26. The van der Waals surface area contributed by atoms with Crippen LogP contribution < -0.4 is 10.6 Å². The summed E-state index contributed by atoms with van der Waals surface area (Å²) in [6, 6.07) is 6.21. The zero-order chi connectivity index (χ0) is 13.4. The Morgan fingerprint density at radius 2 is 2.00 bits per heavy atom. The normalized spacial score (nSPS) is 10.2. The average molecular weight is 248 g/mol. The van der Waals surface area contributed by atoms with Crippen molar-refractivity contribution in [2.75, 3.05) is 18.4 Å². The largest absolute Gasteiger partial charge is 0.376 e. The van der Waals surface area contributed by atoms with Gasteiger partial charge in [-0.3, -0.25) is 4.79 Å². The minimum Gasteiger partial charge on any atom is -0.376 e. The number of unbranched alkanes of at least 4 members (excludes halogenated alkanes) is 2. The van der Waals surface area contributed by atoms with E-state index in [1.165, 1.54) is 24.0 Å². The summed E-state index contributed by atoms with van der Waals surface area (Å²) in [7, 11) is 0. The van der Waals surface area contributed by atoms with E-state index in [1.807, 2.05) is 6.92 Å². The monoisotopic (exact) mass is 248 g/mol. The predicted octanol–water partition coefficient (Wildman–Crippen LogP) is 3.02. The fourth-order valence-electron chi connectivity index (χ4n) is 1.77. The molecule has 0 heterocycles. The summed E-state index contributed by atoms with van der Waals surface area (Å²) in [6.07, 6.45) is 3.41. The van der Waals surface area contributed by atoms with E-state index in [0.29, 0.717) is 6.54 Å². The van der Waals surface area contributed by atoms with Crippen LogP contribution in [0.25, 0.3) is 0 Å². The number of carbonyl (C=O) groups is 1. The predicted molar refractivity (Wildman–Crippen MR) is 76.9 cm³/mol. The second kappa shape index (κ2) is 7.75. The Morgan fingerprint density at radius 3 is 2.72 bits per heavy atom. The minimum absolute atomic E-state index is 0.0620. The number of hydrogen-bond donors (Lipinski definition) is 2. The SMILES string of the molecule is CCCCCNC(=O)CNc1cc(C)ccc1C. The molecule has 0 radical (unpaired) electrons. The molecule has 3 heteroatoms. The molecule has 0 saturated carbocycles. The van der Waals surface area contributed by atoms with Crippen molar-refractivity contribution in [3.05, 3.63) is 29.3 Å². The third-order valence-corrected chi connectivity index (χ3v) is 2.93. The van der Waals surface area contributed by atoms with E-state index >= 15 is 0 Å². The van der Waals surface area contributed by atoms with Crippen LogP contribution in [0.1, 0.15) is 37.3 Å². The van der Waals surface area contributed by atoms with Crippen LogP contribution in [-0.2, 0) is 4.79 Å². The van der Waals surface area contributed by atoms with E-state index in [2.05, 4.69) is 42.7 Å². The van der Waals surface area contributed by atoms with Gasteiger partial charge in [-0.25, -0.2) is 0 Å². The Balaban J connectivity index is 2.31. The van der Waals surface area contributed by atoms with Gasteiger partial charge in [-0.1, -0.05) is 31.9 Å². The lowest BCUT2D eigenvalue weighted by atomic mass is 10.1. The van der Waals surface area contributed by atoms with Gasteiger partial charge in [0.1, 0.15) is 0 Å². The standard InChI is InChI=1S/C15H24N2O/c1-4-5-6-9-16-15(18)11-17-14-10-12(2)7-8-13(14)3/h7-8,10,17H,4-6,9,11H2,1-3H3,(H,16,18). The second-order valence-corrected chi connectivity index (χ2v) is 4.73. The highest BCUT2D eigenvalue weighted by atomic mass is 16.1. The molecule has 0 aromatic heterocycles. The fraction of sp³-hybridized carbons (Fsp3) is 0.533. The van der Waals surface area contributed by atoms with E-state index < -0.39 is 0 Å². The van der Waals surface area contributed by atoms with Gasteiger partial charge in [-0.15, -0.1) is 0 Å². The van der Waals surface area contributed by atoms with Crippen LogP contribution in [0, 0.1) is 13.8 Å². The average Bonchev–Trinajstić information content (AvgIpc) is 2.36. The molecule has 0 aliphatic rings. The highest BCUT2D eigenvalue weighted by molar-refractivity contribution is 5.80. The second-order valence-electron chi connectivity index (χ2n) is 4.73. The molecule has 0 aliphatic heterocycles. The molecule has 1 rings (SSSR count). The van der Waals surface area contributed by atoms with Crippen LogP contribution in [0.15, 0.2) is 18.2 Å². The zero-order valence-corrected chi connectivity index (χ0v) is 11.7. The molecular formula is C15H24N2O. The van der Waals surface area contributed by atoms with Crippen molar-refractivity contribution in [2.45, 2.75) is 40.0 Å². The van der Waals surface area contributed by atoms with Crippen molar-refractivity contribution in [3.63, 3.8) is 0 Å². The van der Waals surface area contributed by atoms with E-state index in [1.54, 1.807) is 0 Å². The van der Waals surface area contributed by atoms with Crippen molar-refractivity contribution in [1.82, 2.24) is 5.32 Å². The van der Waals surface area contributed by atoms with Crippen LogP contribution in [0.2, 0.25) is 0 Å². The lowest BCUT2D eigenvalue weighted by Gasteiger charge is -2.10. The van der Waals surface area contributed by atoms with Gasteiger partial charge in [0.2, 0.25) is 5.91 Å². The van der Waals surface area contributed by atoms with Crippen LogP contribution in [0.4, 0.5) is 5.69 Å². The third kappa shape index (κ3) is 5.21. The van der Waals surface area contributed by atoms with Gasteiger partial charge in [-0.05, 0) is 37.5 Å². The van der Waals surface area contributed by atoms with Gasteiger partial charge in [0.15, 0.2) is 0 Å². The van der Waals surface area contributed by atoms with E-state index in [9.17, 15) is 4.79 Å². The van der Waals surface area contributed by atoms with Crippen molar-refractivity contribution in [3.8, 4) is 0 Å². The molecule has 0 aliphatic carbocycles. The van der Waals surface area contributed by atoms with Gasteiger partial charge >= 0.3 is 0 Å². The maximum Gasteiger partial charge on any atom is 0.239 e. The van der Waals surface area contributed by atoms with Crippen molar-refractivity contribution in [2.24, 2.45) is 0 Å². The molecule has 0 unspecified atom stereocenters. The van der Waals surface area contributed by atoms with Gasteiger partial charge in [0, 0.05) is 12.2 Å². The van der Waals surface area contributed by atoms with Crippen LogP contribution in [0.5, 0.6) is 0 Å². The van der Waals surface area contributed by atoms with E-state index in [4.69, 9.17) is 0 Å². The molecule has 3 nitrogen and oxygen atoms in total. The summed E-state index contributed by atoms with van der Waals surface area (Å²) in [5, 5.41) is 6.10. The molecule has 0 saturated heterocycles. The van der Waals surface area contributed by atoms with E-state index in [-0.39, 0.29) is 5.91 Å². The van der Waals surface area contributed by atoms with Gasteiger partial charge < -0.3 is 10.6 Å². The molecule has 1 aromatic carbocycles. The highest BCUT2D eigenvalue weighted by Crippen LogP contribution is 2.15. The quantitative estimate of drug-likeness (QED) is 0.728. The Labute approximate surface area is 110 Å². The number of carbonyl (C=O) groups excluding carboxylic acids is 1. The van der Waals surface area contributed by atoms with Crippen molar-refractivity contribution in [1.29, 1.82) is 0 Å². The first-order valence-electron chi connectivity index (χ1n) is 6.71. The summed E-state index contributed by atoms with van der Waals surface area (Å²) < 4.78 is 0. The molecule has 1 aromatic rings. The molecule has 0 atom stereocenters. The number of amides is 1. The van der Waals surface area contributed by atoms with Crippen molar-refractivity contribution >= 4 is 11.6 Å². The number of hydrogen-bond acceptors (Lipinski definition) is 2. The van der Waals surface area contributed by atoms with Gasteiger partial charge in [-0.2, -0.15) is 0 Å². The molecule has 0 spiro atoms. The number of aryl methyl sites for hydroxylation is 2. The van der Waals surface area contributed by atoms with E-state index in [0.717, 1.165) is 18.7 Å². The third-order valence-electron chi connectivity index (χ3n) is 2.93. The van der Waals surface area contributed by atoms with Crippen molar-refractivity contribution < 1.29 is 4.79 Å². The Morgan fingerprint density at radius 1 is 1.22 bits per heavy atom. The lowest BCUT2D eigenvalue weighted by molar-refractivity contribution is -0.119. The first kappa shape index (κ1) is 14.6. The zero-order valence-electron chi connectivity index (χ0n) is 11.7. The molecule has 0 bridgehead atoms. The summed E-state index contributed by atoms with van der Waals surface area (Å²) in [5.41, 5.74) is 3.41. The topological polar surface area (TPSA) is 41.1 Å². The maximum atomic E-state index is 11.6. The van der Waals surface area contributed by atoms with Crippen LogP contribution >= 0.6 is 0 Å². The minimum atomic E-state index is 0.0620. The Bertz CT molecular complexity index is 388. The first-order chi connectivity index (χ1) is 8.63. The highest BCUT2D eigenvalue weighted by Gasteiger charge is 2.02. The summed E-state index contributed by atoms with van der Waals surface area (Å²) in [6.45, 7) is 7.37.